The largest absolute Gasteiger partial charge is 0.451 e. The Morgan fingerprint density at radius 2 is 1.80 bits per heavy atom. The fourth-order valence-corrected chi connectivity index (χ4v) is 1.86. The third-order valence-corrected chi connectivity index (χ3v) is 2.67. The smallest absolute Gasteiger partial charge is 0.180 e. The molecule has 1 unspecified atom stereocenters. The summed E-state index contributed by atoms with van der Waals surface area (Å²) in [6.45, 7) is 13.6. The summed E-state index contributed by atoms with van der Waals surface area (Å²) in [6, 6.07) is 0. The molecule has 0 spiro atoms. The second-order valence-corrected chi connectivity index (χ2v) is 6.60. The highest BCUT2D eigenvalue weighted by Gasteiger charge is 2.31. The van der Waals surface area contributed by atoms with Gasteiger partial charge in [0.2, 0.25) is 0 Å². The molecule has 1 aromatic heterocycles. The number of oxazole rings is 1. The summed E-state index contributed by atoms with van der Waals surface area (Å²) in [4.78, 5) is 4.30. The molecule has 0 radical (unpaired) electrons. The quantitative estimate of drug-likeness (QED) is 0.728. The van der Waals surface area contributed by atoms with E-state index in [1.165, 1.54) is 6.39 Å². The van der Waals surface area contributed by atoms with Gasteiger partial charge in [-0.25, -0.2) is 4.98 Å². The highest BCUT2D eigenvalue weighted by Crippen LogP contribution is 2.42. The second-order valence-electron chi connectivity index (χ2n) is 6.60. The molecule has 86 valence electrons. The Morgan fingerprint density at radius 3 is 2.13 bits per heavy atom. The van der Waals surface area contributed by atoms with E-state index in [-0.39, 0.29) is 5.41 Å². The van der Waals surface area contributed by atoms with Crippen molar-refractivity contribution in [1.82, 2.24) is 4.98 Å². The van der Waals surface area contributed by atoms with Gasteiger partial charge in [0.25, 0.3) is 0 Å². The van der Waals surface area contributed by atoms with Crippen LogP contribution < -0.4 is 0 Å². The van der Waals surface area contributed by atoms with Crippen molar-refractivity contribution in [2.45, 2.75) is 53.9 Å². The molecule has 2 nitrogen and oxygen atoms in total. The lowest BCUT2D eigenvalue weighted by Gasteiger charge is -2.34. The molecule has 1 heterocycles. The summed E-state index contributed by atoms with van der Waals surface area (Å²) in [5.74, 6) is 0.455. The van der Waals surface area contributed by atoms with Crippen LogP contribution in [0.3, 0.4) is 0 Å². The average molecular weight is 209 g/mol. The molecule has 1 atom stereocenters. The van der Waals surface area contributed by atoms with Crippen LogP contribution in [-0.4, -0.2) is 4.98 Å². The van der Waals surface area contributed by atoms with Gasteiger partial charge in [-0.1, -0.05) is 41.5 Å². The van der Waals surface area contributed by atoms with Crippen molar-refractivity contribution >= 4 is 0 Å². The van der Waals surface area contributed by atoms with Crippen LogP contribution in [0.4, 0.5) is 0 Å². The van der Waals surface area contributed by atoms with Gasteiger partial charge in [0.05, 0.1) is 5.69 Å². The van der Waals surface area contributed by atoms with Crippen molar-refractivity contribution in [3.63, 3.8) is 0 Å². The van der Waals surface area contributed by atoms with Gasteiger partial charge in [-0.05, 0) is 17.3 Å². The van der Waals surface area contributed by atoms with Crippen LogP contribution in [0.25, 0.3) is 0 Å². The summed E-state index contributed by atoms with van der Waals surface area (Å²) in [5.41, 5.74) is 1.62. The van der Waals surface area contributed by atoms with Crippen LogP contribution in [0.15, 0.2) is 17.1 Å². The molecule has 0 saturated heterocycles. The van der Waals surface area contributed by atoms with Crippen molar-refractivity contribution < 1.29 is 4.42 Å². The first-order chi connectivity index (χ1) is 6.70. The number of hydrogen-bond acceptors (Lipinski definition) is 2. The number of rotatable bonds is 2. The number of hydrogen-bond donors (Lipinski definition) is 0. The lowest BCUT2D eigenvalue weighted by Crippen LogP contribution is -2.24. The van der Waals surface area contributed by atoms with Crippen molar-refractivity contribution in [2.24, 2.45) is 10.8 Å². The first-order valence-corrected chi connectivity index (χ1v) is 5.58. The lowest BCUT2D eigenvalue weighted by molar-refractivity contribution is 0.225. The van der Waals surface area contributed by atoms with Crippen molar-refractivity contribution in [3.8, 4) is 0 Å². The second kappa shape index (κ2) is 3.99. The Kier molecular flexibility index (Phi) is 3.27. The third-order valence-electron chi connectivity index (χ3n) is 2.67. The monoisotopic (exact) mass is 209 g/mol. The van der Waals surface area contributed by atoms with Gasteiger partial charge in [0.15, 0.2) is 6.39 Å². The summed E-state index contributed by atoms with van der Waals surface area (Å²) in [5, 5.41) is 0. The van der Waals surface area contributed by atoms with E-state index in [1.807, 2.05) is 0 Å². The zero-order valence-corrected chi connectivity index (χ0v) is 10.8. The molecule has 0 aromatic carbocycles. The fourth-order valence-electron chi connectivity index (χ4n) is 1.86. The predicted octanol–water partition coefficient (Wildman–Crippen LogP) is 4.24. The highest BCUT2D eigenvalue weighted by molar-refractivity contribution is 5.06. The first-order valence-electron chi connectivity index (χ1n) is 5.58. The predicted molar refractivity (Wildman–Crippen MR) is 62.8 cm³/mol. The average Bonchev–Trinajstić information content (AvgIpc) is 2.47. The third kappa shape index (κ3) is 3.69. The normalized spacial score (nSPS) is 15.3. The van der Waals surface area contributed by atoms with Gasteiger partial charge < -0.3 is 4.42 Å². The summed E-state index contributed by atoms with van der Waals surface area (Å²) >= 11 is 0. The summed E-state index contributed by atoms with van der Waals surface area (Å²) in [6.07, 6.45) is 4.43. The number of nitrogens with zero attached hydrogens (tertiary/aromatic N) is 1. The number of aromatic nitrogens is 1. The molecular weight excluding hydrogens is 186 g/mol. The zero-order valence-electron chi connectivity index (χ0n) is 10.8. The lowest BCUT2D eigenvalue weighted by atomic mass is 9.71. The van der Waals surface area contributed by atoms with Gasteiger partial charge in [-0.15, -0.1) is 0 Å². The van der Waals surface area contributed by atoms with Crippen molar-refractivity contribution in [1.29, 1.82) is 0 Å². The first kappa shape index (κ1) is 12.3. The van der Waals surface area contributed by atoms with E-state index in [0.29, 0.717) is 11.3 Å². The Balaban J connectivity index is 2.90. The van der Waals surface area contributed by atoms with Crippen LogP contribution in [0, 0.1) is 10.8 Å². The van der Waals surface area contributed by atoms with Crippen molar-refractivity contribution in [2.75, 3.05) is 0 Å². The minimum absolute atomic E-state index is 0.226. The van der Waals surface area contributed by atoms with Crippen LogP contribution in [0.2, 0.25) is 0 Å². The van der Waals surface area contributed by atoms with Crippen LogP contribution in [0.5, 0.6) is 0 Å². The van der Waals surface area contributed by atoms with Gasteiger partial charge in [-0.3, -0.25) is 0 Å². The van der Waals surface area contributed by atoms with E-state index in [2.05, 4.69) is 46.5 Å². The highest BCUT2D eigenvalue weighted by atomic mass is 16.3. The van der Waals surface area contributed by atoms with E-state index in [1.54, 1.807) is 6.26 Å². The molecule has 0 N–H and O–H groups in total. The van der Waals surface area contributed by atoms with Crippen LogP contribution in [-0.2, 0) is 0 Å². The molecule has 0 saturated carbocycles. The molecular formula is C13H23NO. The van der Waals surface area contributed by atoms with Gasteiger partial charge in [0.1, 0.15) is 6.26 Å². The molecule has 0 amide bonds. The zero-order chi connectivity index (χ0) is 11.7. The maximum Gasteiger partial charge on any atom is 0.180 e. The van der Waals surface area contributed by atoms with E-state index in [9.17, 15) is 0 Å². The van der Waals surface area contributed by atoms with Gasteiger partial charge in [0, 0.05) is 5.92 Å². The topological polar surface area (TPSA) is 26.0 Å². The Labute approximate surface area is 93.1 Å². The van der Waals surface area contributed by atoms with E-state index in [4.69, 9.17) is 4.42 Å². The Hall–Kier alpha value is -0.790. The van der Waals surface area contributed by atoms with E-state index >= 15 is 0 Å². The molecule has 0 bridgehead atoms. The molecule has 0 fully saturated rings. The summed E-state index contributed by atoms with van der Waals surface area (Å²) < 4.78 is 5.09. The van der Waals surface area contributed by atoms with E-state index < -0.39 is 0 Å². The minimum atomic E-state index is 0.226. The molecule has 1 aromatic rings. The van der Waals surface area contributed by atoms with Gasteiger partial charge in [-0.2, -0.15) is 0 Å². The van der Waals surface area contributed by atoms with Crippen molar-refractivity contribution in [3.05, 3.63) is 18.4 Å². The van der Waals surface area contributed by atoms with Gasteiger partial charge >= 0.3 is 0 Å². The van der Waals surface area contributed by atoms with Crippen LogP contribution >= 0.6 is 0 Å². The standard InChI is InChI=1S/C13H23NO/c1-12(2,3)7-10(13(4,5)6)11-8-15-9-14-11/h8-10H,7H2,1-6H3. The SMILES string of the molecule is CC(C)(C)CC(c1cocn1)C(C)(C)C. The minimum Gasteiger partial charge on any atom is -0.451 e. The molecule has 15 heavy (non-hydrogen) atoms. The molecule has 0 aliphatic heterocycles. The molecule has 1 rings (SSSR count). The van der Waals surface area contributed by atoms with Crippen LogP contribution in [0.1, 0.15) is 59.6 Å². The summed E-state index contributed by atoms with van der Waals surface area (Å²) in [7, 11) is 0. The Bertz CT molecular complexity index is 287. The maximum atomic E-state index is 5.09. The molecule has 2 heteroatoms. The Morgan fingerprint density at radius 1 is 1.20 bits per heavy atom. The van der Waals surface area contributed by atoms with E-state index in [0.717, 1.165) is 12.1 Å². The maximum absolute atomic E-state index is 5.09. The fraction of sp³-hybridized carbons (Fsp3) is 0.769. The molecule has 0 aliphatic carbocycles. The molecule has 0 aliphatic rings.